The number of carbonyl (C=O) groups excluding carboxylic acids is 3. The molecule has 4 amide bonds. The van der Waals surface area contributed by atoms with E-state index in [0.717, 1.165) is 24.3 Å². The second-order valence-electron chi connectivity index (χ2n) is 6.12. The van der Waals surface area contributed by atoms with E-state index in [9.17, 15) is 32.9 Å². The Balaban J connectivity index is 1.96. The largest absolute Gasteiger partial charge is 0.493 e. The van der Waals surface area contributed by atoms with Gasteiger partial charge in [0.25, 0.3) is 17.5 Å². The molecule has 0 aliphatic carbocycles. The molecule has 0 atom stereocenters. The third-order valence-electron chi connectivity index (χ3n) is 4.04. The molecule has 2 N–H and O–H groups in total. The monoisotopic (exact) mass is 525 g/mol. The number of halogens is 1. The van der Waals surface area contributed by atoms with Crippen LogP contribution in [-0.4, -0.2) is 38.3 Å². The van der Waals surface area contributed by atoms with E-state index in [1.54, 1.807) is 0 Å². The summed E-state index contributed by atoms with van der Waals surface area (Å²) in [5.74, 6) is -2.12. The minimum absolute atomic E-state index is 0.0654. The first-order valence-electron chi connectivity index (χ1n) is 8.46. The van der Waals surface area contributed by atoms with Gasteiger partial charge in [0.2, 0.25) is 0 Å². The fraction of sp³-hybridized carbons (Fsp3) is 0.0556. The van der Waals surface area contributed by atoms with Crippen molar-refractivity contribution in [1.29, 1.82) is 0 Å². The maximum absolute atomic E-state index is 12.6. The van der Waals surface area contributed by atoms with Crippen LogP contribution >= 0.6 is 15.9 Å². The summed E-state index contributed by atoms with van der Waals surface area (Å²) in [6.07, 6.45) is 1.17. The molecule has 1 heterocycles. The van der Waals surface area contributed by atoms with Gasteiger partial charge in [-0.1, -0.05) is 0 Å². The van der Waals surface area contributed by atoms with Crippen LogP contribution in [0.25, 0.3) is 6.08 Å². The zero-order chi connectivity index (χ0) is 23.6. The number of amides is 4. The van der Waals surface area contributed by atoms with E-state index in [-0.39, 0.29) is 37.7 Å². The van der Waals surface area contributed by atoms with Gasteiger partial charge in [-0.2, -0.15) is 8.42 Å². The van der Waals surface area contributed by atoms with Gasteiger partial charge in [0.1, 0.15) is 10.5 Å². The number of hydrogen-bond donors (Lipinski definition) is 2. The van der Waals surface area contributed by atoms with E-state index < -0.39 is 32.9 Å². The lowest BCUT2D eigenvalue weighted by molar-refractivity contribution is -0.384. The van der Waals surface area contributed by atoms with Gasteiger partial charge in [0, 0.05) is 12.1 Å². The van der Waals surface area contributed by atoms with Gasteiger partial charge >= 0.3 is 16.1 Å². The quantitative estimate of drug-likeness (QED) is 0.188. The predicted octanol–water partition coefficient (Wildman–Crippen LogP) is 1.88. The van der Waals surface area contributed by atoms with Crippen molar-refractivity contribution in [2.24, 2.45) is 0 Å². The Hall–Kier alpha value is -3.78. The minimum Gasteiger partial charge on any atom is -0.493 e. The molecule has 1 aliphatic rings. The topological polar surface area (TPSA) is 171 Å². The summed E-state index contributed by atoms with van der Waals surface area (Å²) >= 11 is 3.16. The number of ether oxygens (including phenoxy) is 1. The van der Waals surface area contributed by atoms with E-state index in [4.69, 9.17) is 8.92 Å². The number of barbiturate groups is 1. The molecule has 3 rings (SSSR count). The Bertz CT molecular complexity index is 1270. The molecule has 12 nitrogen and oxygen atoms in total. The first-order valence-corrected chi connectivity index (χ1v) is 10.7. The molecule has 2 aromatic rings. The Morgan fingerprint density at radius 1 is 1.06 bits per heavy atom. The number of benzene rings is 2. The zero-order valence-corrected chi connectivity index (χ0v) is 18.4. The standard InChI is InChI=1S/C18H12BrN3O9S/c1-30-14-8-9(6-12-16(23)20-18(25)21-17(12)24)7-13(19)15(14)31-32(28,29)11-4-2-10(3-5-11)22(26)27/h2-8H,1H3,(H2,20,21,23,24,25). The summed E-state index contributed by atoms with van der Waals surface area (Å²) in [7, 11) is -3.15. The summed E-state index contributed by atoms with van der Waals surface area (Å²) < 4.78 is 35.6. The number of nitrogens with zero attached hydrogens (tertiary/aromatic N) is 1. The highest BCUT2D eigenvalue weighted by Gasteiger charge is 2.28. The first-order chi connectivity index (χ1) is 15.0. The van der Waals surface area contributed by atoms with E-state index in [1.165, 1.54) is 25.3 Å². The van der Waals surface area contributed by atoms with Crippen molar-refractivity contribution in [1.82, 2.24) is 10.6 Å². The van der Waals surface area contributed by atoms with Crippen molar-refractivity contribution in [3.05, 3.63) is 62.1 Å². The van der Waals surface area contributed by atoms with Crippen LogP contribution in [0.3, 0.4) is 0 Å². The van der Waals surface area contributed by atoms with E-state index in [1.807, 2.05) is 10.6 Å². The van der Waals surface area contributed by atoms with Crippen LogP contribution in [0, 0.1) is 10.1 Å². The highest BCUT2D eigenvalue weighted by Crippen LogP contribution is 2.39. The van der Waals surface area contributed by atoms with Gasteiger partial charge in [-0.3, -0.25) is 30.3 Å². The summed E-state index contributed by atoms with van der Waals surface area (Å²) in [5, 5.41) is 14.6. The molecule has 1 saturated heterocycles. The summed E-state index contributed by atoms with van der Waals surface area (Å²) in [6.45, 7) is 0. The molecule has 0 bridgehead atoms. The van der Waals surface area contributed by atoms with E-state index >= 15 is 0 Å². The highest BCUT2D eigenvalue weighted by molar-refractivity contribution is 9.10. The van der Waals surface area contributed by atoms with Crippen LogP contribution in [0.4, 0.5) is 10.5 Å². The zero-order valence-electron chi connectivity index (χ0n) is 15.9. The number of nitrogens with one attached hydrogen (secondary N) is 2. The Morgan fingerprint density at radius 3 is 2.19 bits per heavy atom. The van der Waals surface area contributed by atoms with Crippen molar-refractivity contribution in [2.75, 3.05) is 7.11 Å². The smallest absolute Gasteiger partial charge is 0.339 e. The lowest BCUT2D eigenvalue weighted by atomic mass is 10.1. The summed E-state index contributed by atoms with van der Waals surface area (Å²) in [5.41, 5.74) is -0.397. The molecule has 1 fully saturated rings. The molecule has 166 valence electrons. The molecule has 0 aromatic heterocycles. The van der Waals surface area contributed by atoms with Gasteiger partial charge in [0.05, 0.1) is 16.5 Å². The highest BCUT2D eigenvalue weighted by atomic mass is 79.9. The lowest BCUT2D eigenvalue weighted by Gasteiger charge is -2.15. The number of imide groups is 2. The minimum atomic E-state index is -4.39. The molecule has 2 aromatic carbocycles. The molecule has 1 aliphatic heterocycles. The van der Waals surface area contributed by atoms with Gasteiger partial charge in [-0.05, 0) is 51.8 Å². The van der Waals surface area contributed by atoms with Gasteiger partial charge in [-0.15, -0.1) is 0 Å². The van der Waals surface area contributed by atoms with Crippen LogP contribution in [0.2, 0.25) is 0 Å². The SMILES string of the molecule is COc1cc(C=C2C(=O)NC(=O)NC2=O)cc(Br)c1OS(=O)(=O)c1ccc([N+](=O)[O-])cc1. The van der Waals surface area contributed by atoms with Crippen molar-refractivity contribution in [3.63, 3.8) is 0 Å². The first kappa shape index (κ1) is 22.9. The van der Waals surface area contributed by atoms with Gasteiger partial charge in [0.15, 0.2) is 11.5 Å². The molecule has 0 radical (unpaired) electrons. The summed E-state index contributed by atoms with van der Waals surface area (Å²) in [4.78, 5) is 44.7. The molecule has 14 heteroatoms. The second-order valence-corrected chi connectivity index (χ2v) is 8.52. The average molecular weight is 526 g/mol. The number of hydrogen-bond acceptors (Lipinski definition) is 9. The van der Waals surface area contributed by atoms with Crippen molar-refractivity contribution in [2.45, 2.75) is 4.90 Å². The lowest BCUT2D eigenvalue weighted by Crippen LogP contribution is -2.51. The summed E-state index contributed by atoms with van der Waals surface area (Å²) in [6, 6.07) is 5.78. The van der Waals surface area contributed by atoms with Crippen LogP contribution in [0.15, 0.2) is 51.3 Å². The fourth-order valence-corrected chi connectivity index (χ4v) is 4.17. The molecule has 32 heavy (non-hydrogen) atoms. The normalized spacial score (nSPS) is 13.8. The second kappa shape index (κ2) is 8.76. The predicted molar refractivity (Wildman–Crippen MR) is 111 cm³/mol. The van der Waals surface area contributed by atoms with Crippen LogP contribution in [0.5, 0.6) is 11.5 Å². The molecular weight excluding hydrogens is 514 g/mol. The number of nitro benzene ring substituents is 1. The van der Waals surface area contributed by atoms with Crippen LogP contribution < -0.4 is 19.6 Å². The number of non-ortho nitro benzene ring substituents is 1. The molecule has 0 spiro atoms. The number of carbonyl (C=O) groups is 3. The van der Waals surface area contributed by atoms with Crippen molar-refractivity contribution < 1.29 is 36.6 Å². The number of nitro groups is 1. The number of rotatable bonds is 6. The molecule has 0 saturated carbocycles. The van der Waals surface area contributed by atoms with Gasteiger partial charge < -0.3 is 8.92 Å². The van der Waals surface area contributed by atoms with Crippen LogP contribution in [0.1, 0.15) is 5.56 Å². The number of methoxy groups -OCH3 is 1. The average Bonchev–Trinajstić information content (AvgIpc) is 2.72. The number of urea groups is 1. The van der Waals surface area contributed by atoms with Crippen molar-refractivity contribution >= 4 is 55.7 Å². The third kappa shape index (κ3) is 4.76. The van der Waals surface area contributed by atoms with E-state index in [2.05, 4.69) is 15.9 Å². The van der Waals surface area contributed by atoms with E-state index in [0.29, 0.717) is 0 Å². The van der Waals surface area contributed by atoms with Crippen molar-refractivity contribution in [3.8, 4) is 11.5 Å². The van der Waals surface area contributed by atoms with Crippen LogP contribution in [-0.2, 0) is 19.7 Å². The fourth-order valence-electron chi connectivity index (χ4n) is 2.57. The molecular formula is C18H12BrN3O9S. The Morgan fingerprint density at radius 2 is 1.66 bits per heavy atom. The Labute approximate surface area is 188 Å². The maximum Gasteiger partial charge on any atom is 0.339 e. The molecule has 0 unspecified atom stereocenters. The third-order valence-corrected chi connectivity index (χ3v) is 5.86. The Kier molecular flexibility index (Phi) is 6.27. The van der Waals surface area contributed by atoms with Gasteiger partial charge in [-0.25, -0.2) is 4.79 Å². The maximum atomic E-state index is 12.6.